The topological polar surface area (TPSA) is 66.5 Å². The van der Waals surface area contributed by atoms with E-state index in [4.69, 9.17) is 34.8 Å². The summed E-state index contributed by atoms with van der Waals surface area (Å²) in [6.45, 7) is -0.435. The van der Waals surface area contributed by atoms with Crippen LogP contribution in [0.15, 0.2) is 77.7 Å². The first-order valence-corrected chi connectivity index (χ1v) is 10.9. The minimum absolute atomic E-state index is 0.0214. The van der Waals surface area contributed by atoms with E-state index in [1.165, 1.54) is 30.3 Å². The zero-order valence-electron chi connectivity index (χ0n) is 14.8. The van der Waals surface area contributed by atoms with Gasteiger partial charge in [-0.2, -0.15) is 0 Å². The Morgan fingerprint density at radius 3 is 2.14 bits per heavy atom. The Morgan fingerprint density at radius 2 is 1.52 bits per heavy atom. The van der Waals surface area contributed by atoms with E-state index >= 15 is 0 Å². The molecular weight excluding hydrogens is 455 g/mol. The number of anilines is 2. The number of rotatable bonds is 6. The highest BCUT2D eigenvalue weighted by Crippen LogP contribution is 2.26. The molecule has 5 nitrogen and oxygen atoms in total. The van der Waals surface area contributed by atoms with Gasteiger partial charge in [0.05, 0.1) is 20.6 Å². The fraction of sp³-hybridized carbons (Fsp3) is 0.0500. The predicted octanol–water partition coefficient (Wildman–Crippen LogP) is 5.48. The minimum Gasteiger partial charge on any atom is -0.324 e. The molecule has 0 aromatic heterocycles. The number of amides is 1. The molecule has 0 bridgehead atoms. The average Bonchev–Trinajstić information content (AvgIpc) is 2.70. The van der Waals surface area contributed by atoms with Crippen molar-refractivity contribution in [2.75, 3.05) is 16.2 Å². The van der Waals surface area contributed by atoms with Crippen molar-refractivity contribution in [3.8, 4) is 0 Å². The van der Waals surface area contributed by atoms with Gasteiger partial charge in [-0.15, -0.1) is 0 Å². The molecule has 0 aliphatic carbocycles. The smallest absolute Gasteiger partial charge is 0.264 e. The fourth-order valence-electron chi connectivity index (χ4n) is 2.55. The molecule has 9 heteroatoms. The molecule has 3 aromatic rings. The van der Waals surface area contributed by atoms with Gasteiger partial charge in [0.2, 0.25) is 5.91 Å². The van der Waals surface area contributed by atoms with Crippen molar-refractivity contribution in [1.82, 2.24) is 0 Å². The van der Waals surface area contributed by atoms with E-state index in [2.05, 4.69) is 5.32 Å². The molecule has 3 rings (SSSR count). The zero-order valence-corrected chi connectivity index (χ0v) is 17.9. The van der Waals surface area contributed by atoms with Gasteiger partial charge >= 0.3 is 0 Å². The van der Waals surface area contributed by atoms with Crippen molar-refractivity contribution >= 4 is 62.1 Å². The molecule has 3 aromatic carbocycles. The number of nitrogens with zero attached hydrogens (tertiary/aromatic N) is 1. The van der Waals surface area contributed by atoms with Crippen molar-refractivity contribution < 1.29 is 13.2 Å². The van der Waals surface area contributed by atoms with E-state index in [-0.39, 0.29) is 9.92 Å². The molecule has 0 spiro atoms. The van der Waals surface area contributed by atoms with Crippen molar-refractivity contribution in [3.05, 3.63) is 87.9 Å². The highest BCUT2D eigenvalue weighted by atomic mass is 35.5. The third-order valence-electron chi connectivity index (χ3n) is 3.94. The maximum Gasteiger partial charge on any atom is 0.264 e. The van der Waals surface area contributed by atoms with Crippen molar-refractivity contribution in [2.24, 2.45) is 0 Å². The van der Waals surface area contributed by atoms with Crippen LogP contribution in [0, 0.1) is 0 Å². The van der Waals surface area contributed by atoms with E-state index in [0.717, 1.165) is 4.31 Å². The van der Waals surface area contributed by atoms with Crippen LogP contribution in [-0.2, 0) is 14.8 Å². The second kappa shape index (κ2) is 9.05. The Kier molecular flexibility index (Phi) is 6.70. The lowest BCUT2D eigenvalue weighted by molar-refractivity contribution is -0.114. The summed E-state index contributed by atoms with van der Waals surface area (Å²) >= 11 is 17.7. The normalized spacial score (nSPS) is 11.1. The molecule has 0 aliphatic heterocycles. The number of halogens is 3. The van der Waals surface area contributed by atoms with Gasteiger partial charge in [-0.25, -0.2) is 8.42 Å². The third kappa shape index (κ3) is 5.22. The molecule has 29 heavy (non-hydrogen) atoms. The summed E-state index contributed by atoms with van der Waals surface area (Å²) in [7, 11) is -4.01. The monoisotopic (exact) mass is 468 g/mol. The second-order valence-electron chi connectivity index (χ2n) is 5.98. The Bertz CT molecular complexity index is 1120. The number of nitrogens with one attached hydrogen (secondary N) is 1. The van der Waals surface area contributed by atoms with Crippen LogP contribution in [0.1, 0.15) is 0 Å². The standard InChI is InChI=1S/C20H15Cl3N2O3S/c21-14-6-9-17(10-7-14)29(27,28)25(16-4-2-1-3-5-16)13-20(26)24-15-8-11-18(22)19(23)12-15/h1-12H,13H2,(H,24,26). The van der Waals surface area contributed by atoms with Crippen LogP contribution in [0.2, 0.25) is 15.1 Å². The van der Waals surface area contributed by atoms with Crippen LogP contribution in [-0.4, -0.2) is 20.9 Å². The molecule has 1 N–H and O–H groups in total. The zero-order chi connectivity index (χ0) is 21.0. The highest BCUT2D eigenvalue weighted by Gasteiger charge is 2.27. The number of hydrogen-bond donors (Lipinski definition) is 1. The van der Waals surface area contributed by atoms with E-state index in [1.54, 1.807) is 42.5 Å². The lowest BCUT2D eigenvalue weighted by Crippen LogP contribution is -2.38. The second-order valence-corrected chi connectivity index (χ2v) is 9.09. The summed E-state index contributed by atoms with van der Waals surface area (Å²) in [5.74, 6) is -0.537. The van der Waals surface area contributed by atoms with Gasteiger partial charge in [0, 0.05) is 10.7 Å². The number of hydrogen-bond acceptors (Lipinski definition) is 3. The lowest BCUT2D eigenvalue weighted by Gasteiger charge is -2.24. The number of sulfonamides is 1. The predicted molar refractivity (Wildman–Crippen MR) is 118 cm³/mol. The van der Waals surface area contributed by atoms with E-state index < -0.39 is 22.5 Å². The lowest BCUT2D eigenvalue weighted by atomic mass is 10.3. The summed E-state index contributed by atoms with van der Waals surface area (Å²) in [6, 6.07) is 18.7. The molecule has 0 atom stereocenters. The first kappa shape index (κ1) is 21.5. The number of para-hydroxylation sites is 1. The molecule has 0 radical (unpaired) electrons. The first-order chi connectivity index (χ1) is 13.8. The van der Waals surface area contributed by atoms with Gasteiger partial charge in [-0.1, -0.05) is 53.0 Å². The van der Waals surface area contributed by atoms with Gasteiger partial charge in [0.15, 0.2) is 0 Å². The SMILES string of the molecule is O=C(CN(c1ccccc1)S(=O)(=O)c1ccc(Cl)cc1)Nc1ccc(Cl)c(Cl)c1. The fourth-order valence-corrected chi connectivity index (χ4v) is 4.39. The largest absolute Gasteiger partial charge is 0.324 e. The Balaban J connectivity index is 1.91. The van der Waals surface area contributed by atoms with Crippen LogP contribution >= 0.6 is 34.8 Å². The summed E-state index contributed by atoms with van der Waals surface area (Å²) < 4.78 is 27.4. The Morgan fingerprint density at radius 1 is 0.862 bits per heavy atom. The van der Waals surface area contributed by atoms with Crippen molar-refractivity contribution in [3.63, 3.8) is 0 Å². The van der Waals surface area contributed by atoms with Gasteiger partial charge < -0.3 is 5.32 Å². The number of carbonyl (C=O) groups excluding carboxylic acids is 1. The summed E-state index contributed by atoms with van der Waals surface area (Å²) in [5, 5.41) is 3.67. The molecule has 0 saturated heterocycles. The van der Waals surface area contributed by atoms with Crippen molar-refractivity contribution in [1.29, 1.82) is 0 Å². The van der Waals surface area contributed by atoms with Crippen LogP contribution in [0.5, 0.6) is 0 Å². The Hall–Kier alpha value is -2.25. The number of carbonyl (C=O) groups is 1. The summed E-state index contributed by atoms with van der Waals surface area (Å²) in [6.07, 6.45) is 0. The Labute approximate surface area is 183 Å². The maximum absolute atomic E-state index is 13.2. The molecule has 0 saturated carbocycles. The molecule has 1 amide bonds. The van der Waals surface area contributed by atoms with Crippen molar-refractivity contribution in [2.45, 2.75) is 4.90 Å². The minimum atomic E-state index is -4.01. The van der Waals surface area contributed by atoms with Crippen LogP contribution in [0.3, 0.4) is 0 Å². The summed E-state index contributed by atoms with van der Waals surface area (Å²) in [5.41, 5.74) is 0.757. The molecule has 0 unspecified atom stereocenters. The molecule has 0 aliphatic rings. The molecular formula is C20H15Cl3N2O3S. The third-order valence-corrected chi connectivity index (χ3v) is 6.72. The quantitative estimate of drug-likeness (QED) is 0.520. The van der Waals surface area contributed by atoms with E-state index in [0.29, 0.717) is 21.4 Å². The van der Waals surface area contributed by atoms with E-state index in [1.807, 2.05) is 0 Å². The van der Waals surface area contributed by atoms with Gasteiger partial charge in [-0.05, 0) is 54.6 Å². The first-order valence-electron chi connectivity index (χ1n) is 8.35. The average molecular weight is 470 g/mol. The van der Waals surface area contributed by atoms with Crippen LogP contribution in [0.25, 0.3) is 0 Å². The molecule has 0 fully saturated rings. The van der Waals surface area contributed by atoms with Gasteiger partial charge in [0.1, 0.15) is 6.54 Å². The molecule has 150 valence electrons. The van der Waals surface area contributed by atoms with Gasteiger partial charge in [-0.3, -0.25) is 9.10 Å². The summed E-state index contributed by atoms with van der Waals surface area (Å²) in [4.78, 5) is 12.6. The highest BCUT2D eigenvalue weighted by molar-refractivity contribution is 7.92. The van der Waals surface area contributed by atoms with Gasteiger partial charge in [0.25, 0.3) is 10.0 Å². The number of benzene rings is 3. The maximum atomic E-state index is 13.2. The molecule has 0 heterocycles. The van der Waals surface area contributed by atoms with Crippen LogP contribution in [0.4, 0.5) is 11.4 Å². The van der Waals surface area contributed by atoms with E-state index in [9.17, 15) is 13.2 Å². The van der Waals surface area contributed by atoms with Crippen LogP contribution < -0.4 is 9.62 Å².